The zero-order chi connectivity index (χ0) is 10.6. The fourth-order valence-corrected chi connectivity index (χ4v) is 4.57. The Labute approximate surface area is 97.2 Å². The third kappa shape index (κ3) is 1.00. The molecule has 1 saturated carbocycles. The summed E-state index contributed by atoms with van der Waals surface area (Å²) in [4.78, 5) is 0. The molecule has 2 bridgehead atoms. The lowest BCUT2D eigenvalue weighted by atomic mass is 9.61. The van der Waals surface area contributed by atoms with Crippen LogP contribution in [0.3, 0.4) is 0 Å². The number of fused-ring (bicyclic) bond motifs is 1. The van der Waals surface area contributed by atoms with E-state index in [1.807, 2.05) is 0 Å². The molecule has 4 rings (SSSR count). The Morgan fingerprint density at radius 2 is 2.12 bits per heavy atom. The topological polar surface area (TPSA) is 12.0 Å². The Bertz CT molecular complexity index is 425. The number of benzene rings is 1. The second-order valence-corrected chi connectivity index (χ2v) is 5.83. The van der Waals surface area contributed by atoms with Crippen LogP contribution in [-0.2, 0) is 12.0 Å². The van der Waals surface area contributed by atoms with E-state index >= 15 is 0 Å². The maximum atomic E-state index is 3.89. The van der Waals surface area contributed by atoms with Crippen LogP contribution in [0.1, 0.15) is 36.8 Å². The van der Waals surface area contributed by atoms with E-state index in [0.29, 0.717) is 5.54 Å². The molecule has 1 aromatic rings. The minimum absolute atomic E-state index is 0.373. The van der Waals surface area contributed by atoms with Gasteiger partial charge in [-0.05, 0) is 48.8 Å². The van der Waals surface area contributed by atoms with Crippen LogP contribution < -0.4 is 5.32 Å². The van der Waals surface area contributed by atoms with Crippen LogP contribution in [0.4, 0.5) is 0 Å². The second kappa shape index (κ2) is 3.10. The summed E-state index contributed by atoms with van der Waals surface area (Å²) in [6.45, 7) is 1.25. The predicted molar refractivity (Wildman–Crippen MR) is 65.3 cm³/mol. The van der Waals surface area contributed by atoms with Crippen molar-refractivity contribution in [3.8, 4) is 0 Å². The second-order valence-electron chi connectivity index (χ2n) is 5.83. The van der Waals surface area contributed by atoms with Crippen molar-refractivity contribution < 1.29 is 0 Å². The van der Waals surface area contributed by atoms with Gasteiger partial charge in [0, 0.05) is 5.54 Å². The molecule has 1 nitrogen and oxygen atoms in total. The van der Waals surface area contributed by atoms with Crippen LogP contribution in [0.5, 0.6) is 0 Å². The summed E-state index contributed by atoms with van der Waals surface area (Å²) in [6.07, 6.45) is 6.99. The molecule has 1 heterocycles. The predicted octanol–water partition coefficient (Wildman–Crippen LogP) is 2.85. The van der Waals surface area contributed by atoms with Gasteiger partial charge >= 0.3 is 0 Å². The van der Waals surface area contributed by atoms with Crippen molar-refractivity contribution in [2.75, 3.05) is 6.54 Å². The Morgan fingerprint density at radius 1 is 1.19 bits per heavy atom. The first-order chi connectivity index (χ1) is 7.90. The maximum Gasteiger partial charge on any atom is 0.0469 e. The van der Waals surface area contributed by atoms with Gasteiger partial charge in [0.05, 0.1) is 0 Å². The number of rotatable bonds is 0. The third-order valence-corrected chi connectivity index (χ3v) is 5.20. The van der Waals surface area contributed by atoms with Crippen molar-refractivity contribution in [3.63, 3.8) is 0 Å². The highest BCUT2D eigenvalue weighted by Crippen LogP contribution is 2.53. The quantitative estimate of drug-likeness (QED) is 0.699. The van der Waals surface area contributed by atoms with Crippen LogP contribution in [0, 0.1) is 11.8 Å². The van der Waals surface area contributed by atoms with Gasteiger partial charge in [-0.15, -0.1) is 0 Å². The van der Waals surface area contributed by atoms with Crippen LogP contribution in [0.25, 0.3) is 0 Å². The van der Waals surface area contributed by atoms with Gasteiger partial charge in [0.25, 0.3) is 0 Å². The molecule has 2 aliphatic carbocycles. The van der Waals surface area contributed by atoms with E-state index in [9.17, 15) is 0 Å². The summed E-state index contributed by atoms with van der Waals surface area (Å²) in [5.41, 5.74) is 3.63. The van der Waals surface area contributed by atoms with E-state index in [-0.39, 0.29) is 0 Å². The van der Waals surface area contributed by atoms with E-state index in [1.165, 1.54) is 38.6 Å². The SMILES string of the molecule is c1ccc2c(c1)C[C@H]1CN[C@@]23CCCC[C@@H]13. The van der Waals surface area contributed by atoms with Crippen molar-refractivity contribution in [2.24, 2.45) is 11.8 Å². The summed E-state index contributed by atoms with van der Waals surface area (Å²) in [5, 5.41) is 3.89. The molecule has 0 aromatic heterocycles. The van der Waals surface area contributed by atoms with Crippen LogP contribution in [-0.4, -0.2) is 6.54 Å². The fraction of sp³-hybridized carbons (Fsp3) is 0.600. The molecule has 16 heavy (non-hydrogen) atoms. The summed E-state index contributed by atoms with van der Waals surface area (Å²) in [6, 6.07) is 9.15. The average Bonchev–Trinajstić information content (AvgIpc) is 2.63. The molecule has 1 saturated heterocycles. The highest BCUT2D eigenvalue weighted by atomic mass is 15.0. The Morgan fingerprint density at radius 3 is 3.12 bits per heavy atom. The molecule has 0 spiro atoms. The Kier molecular flexibility index (Phi) is 1.79. The van der Waals surface area contributed by atoms with Gasteiger partial charge in [-0.25, -0.2) is 0 Å². The molecule has 0 unspecified atom stereocenters. The first-order valence-electron chi connectivity index (χ1n) is 6.73. The summed E-state index contributed by atoms with van der Waals surface area (Å²) in [5.74, 6) is 1.84. The molecule has 0 amide bonds. The lowest BCUT2D eigenvalue weighted by Gasteiger charge is -2.45. The molecule has 1 N–H and O–H groups in total. The Hall–Kier alpha value is -0.820. The number of hydrogen-bond acceptors (Lipinski definition) is 1. The highest BCUT2D eigenvalue weighted by molar-refractivity contribution is 5.40. The van der Waals surface area contributed by atoms with Gasteiger partial charge in [-0.1, -0.05) is 37.1 Å². The van der Waals surface area contributed by atoms with E-state index < -0.39 is 0 Å². The summed E-state index contributed by atoms with van der Waals surface area (Å²) < 4.78 is 0. The van der Waals surface area contributed by atoms with E-state index in [4.69, 9.17) is 0 Å². The van der Waals surface area contributed by atoms with Gasteiger partial charge in [-0.3, -0.25) is 0 Å². The van der Waals surface area contributed by atoms with Gasteiger partial charge in [-0.2, -0.15) is 0 Å². The van der Waals surface area contributed by atoms with Gasteiger partial charge < -0.3 is 5.32 Å². The van der Waals surface area contributed by atoms with Crippen LogP contribution in [0.2, 0.25) is 0 Å². The molecule has 84 valence electrons. The van der Waals surface area contributed by atoms with Gasteiger partial charge in [0.2, 0.25) is 0 Å². The van der Waals surface area contributed by atoms with E-state index in [1.54, 1.807) is 11.1 Å². The largest absolute Gasteiger partial charge is 0.307 e. The zero-order valence-corrected chi connectivity index (χ0v) is 9.71. The zero-order valence-electron chi connectivity index (χ0n) is 9.71. The van der Waals surface area contributed by atoms with Crippen molar-refractivity contribution in [1.82, 2.24) is 5.32 Å². The standard InChI is InChI=1S/C15H19N/c1-2-6-13-11(5-1)9-12-10-16-15(13)8-4-3-7-14(12)15/h1-2,5-6,12,14,16H,3-4,7-10H2/t12-,14-,15-/m0/s1. The summed E-state index contributed by atoms with van der Waals surface area (Å²) >= 11 is 0. The lowest BCUT2D eigenvalue weighted by molar-refractivity contribution is 0.154. The Balaban J connectivity index is 1.92. The molecule has 1 aromatic carbocycles. The third-order valence-electron chi connectivity index (χ3n) is 5.20. The molecule has 1 heteroatoms. The van der Waals surface area contributed by atoms with Gasteiger partial charge in [0.1, 0.15) is 0 Å². The monoisotopic (exact) mass is 213 g/mol. The van der Waals surface area contributed by atoms with Crippen molar-refractivity contribution in [1.29, 1.82) is 0 Å². The highest BCUT2D eigenvalue weighted by Gasteiger charge is 2.53. The molecule has 0 radical (unpaired) electrons. The molecular weight excluding hydrogens is 194 g/mol. The first-order valence-corrected chi connectivity index (χ1v) is 6.73. The molecular formula is C15H19N. The van der Waals surface area contributed by atoms with Crippen molar-refractivity contribution >= 4 is 0 Å². The maximum absolute atomic E-state index is 3.89. The van der Waals surface area contributed by atoms with Crippen molar-refractivity contribution in [2.45, 2.75) is 37.6 Å². The molecule has 2 fully saturated rings. The summed E-state index contributed by atoms with van der Waals surface area (Å²) in [7, 11) is 0. The normalized spacial score (nSPS) is 40.2. The average molecular weight is 213 g/mol. The van der Waals surface area contributed by atoms with Gasteiger partial charge in [0.15, 0.2) is 0 Å². The molecule has 1 aliphatic heterocycles. The molecule has 3 aliphatic rings. The first kappa shape index (κ1) is 9.23. The number of hydrogen-bond donors (Lipinski definition) is 1. The van der Waals surface area contributed by atoms with E-state index in [0.717, 1.165) is 11.8 Å². The van der Waals surface area contributed by atoms with Crippen LogP contribution >= 0.6 is 0 Å². The fourth-order valence-electron chi connectivity index (χ4n) is 4.57. The minimum Gasteiger partial charge on any atom is -0.307 e. The minimum atomic E-state index is 0.373. The van der Waals surface area contributed by atoms with E-state index in [2.05, 4.69) is 29.6 Å². The smallest absolute Gasteiger partial charge is 0.0469 e. The van der Waals surface area contributed by atoms with Crippen molar-refractivity contribution in [3.05, 3.63) is 35.4 Å². The lowest BCUT2D eigenvalue weighted by Crippen LogP contribution is -2.46. The van der Waals surface area contributed by atoms with Crippen LogP contribution in [0.15, 0.2) is 24.3 Å². The number of nitrogens with one attached hydrogen (secondary N) is 1. The molecule has 3 atom stereocenters.